The molecule has 0 radical (unpaired) electrons. The summed E-state index contributed by atoms with van der Waals surface area (Å²) in [6.45, 7) is 12.0. The van der Waals surface area contributed by atoms with Gasteiger partial charge in [-0.05, 0) is 108 Å². The Hall–Kier alpha value is -4.94. The van der Waals surface area contributed by atoms with Crippen molar-refractivity contribution in [1.82, 2.24) is 29.3 Å². The number of nitrogens with zero attached hydrogens (tertiary/aromatic N) is 7. The molecule has 1 aliphatic heterocycles. The van der Waals surface area contributed by atoms with E-state index in [2.05, 4.69) is 83.7 Å². The number of ether oxygens (including phenoxy) is 2. The van der Waals surface area contributed by atoms with E-state index in [1.165, 1.54) is 17.5 Å². The summed E-state index contributed by atoms with van der Waals surface area (Å²) in [6.07, 6.45) is 9.46. The minimum absolute atomic E-state index is 0.0477. The van der Waals surface area contributed by atoms with Gasteiger partial charge in [0.2, 0.25) is 11.9 Å². The largest absolute Gasteiger partial charge is 0.492 e. The third-order valence-corrected chi connectivity index (χ3v) is 11.6. The van der Waals surface area contributed by atoms with E-state index in [1.54, 1.807) is 4.68 Å². The molecule has 2 aromatic carbocycles. The van der Waals surface area contributed by atoms with E-state index in [9.17, 15) is 9.90 Å². The van der Waals surface area contributed by atoms with Crippen molar-refractivity contribution in [2.45, 2.75) is 122 Å². The van der Waals surface area contributed by atoms with E-state index in [0.29, 0.717) is 48.2 Å². The van der Waals surface area contributed by atoms with Crippen LogP contribution < -0.4 is 19.7 Å². The van der Waals surface area contributed by atoms with Gasteiger partial charge < -0.3 is 29.7 Å². The highest BCUT2D eigenvalue weighted by Crippen LogP contribution is 2.42. The second kappa shape index (κ2) is 17.3. The summed E-state index contributed by atoms with van der Waals surface area (Å²) in [5, 5.41) is 27.2. The number of nitrogens with one attached hydrogen (secondary N) is 1. The molecule has 4 heterocycles. The summed E-state index contributed by atoms with van der Waals surface area (Å²) in [5.41, 5.74) is 5.43. The molecular formula is C45H60N8O4. The third kappa shape index (κ3) is 9.12. The van der Waals surface area contributed by atoms with Crippen molar-refractivity contribution in [1.29, 1.82) is 0 Å². The molecule has 1 aliphatic carbocycles. The number of hydrogen-bond acceptors (Lipinski definition) is 9. The summed E-state index contributed by atoms with van der Waals surface area (Å²) in [7, 11) is 3.99. The van der Waals surface area contributed by atoms with Crippen molar-refractivity contribution < 1.29 is 19.4 Å². The van der Waals surface area contributed by atoms with Crippen LogP contribution in [0.2, 0.25) is 0 Å². The number of benzene rings is 2. The summed E-state index contributed by atoms with van der Waals surface area (Å²) in [5.74, 6) is 3.20. The van der Waals surface area contributed by atoms with Crippen LogP contribution in [0.1, 0.15) is 120 Å². The summed E-state index contributed by atoms with van der Waals surface area (Å²) in [6, 6.07) is 21.0. The number of hydrogen-bond donors (Lipinski definition) is 2. The maximum atomic E-state index is 13.6. The van der Waals surface area contributed by atoms with Gasteiger partial charge in [0.1, 0.15) is 30.0 Å². The second-order valence-electron chi connectivity index (χ2n) is 17.3. The first-order valence-corrected chi connectivity index (χ1v) is 20.7. The minimum Gasteiger partial charge on any atom is -0.492 e. The fourth-order valence-electron chi connectivity index (χ4n) is 8.37. The van der Waals surface area contributed by atoms with E-state index in [1.807, 2.05) is 61.6 Å². The molecule has 0 saturated carbocycles. The van der Waals surface area contributed by atoms with Crippen molar-refractivity contribution in [2.75, 3.05) is 37.5 Å². The summed E-state index contributed by atoms with van der Waals surface area (Å²) < 4.78 is 16.7. The lowest BCUT2D eigenvalue weighted by Gasteiger charge is -2.39. The van der Waals surface area contributed by atoms with Crippen LogP contribution in [-0.2, 0) is 16.8 Å². The van der Waals surface area contributed by atoms with Crippen molar-refractivity contribution in [2.24, 2.45) is 0 Å². The summed E-state index contributed by atoms with van der Waals surface area (Å²) in [4.78, 5) is 18.0. The van der Waals surface area contributed by atoms with Crippen LogP contribution in [0, 0.1) is 0 Å². The molecule has 4 atom stereocenters. The van der Waals surface area contributed by atoms with Gasteiger partial charge in [0, 0.05) is 48.2 Å². The van der Waals surface area contributed by atoms with Gasteiger partial charge in [0.25, 0.3) is 0 Å². The quantitative estimate of drug-likeness (QED) is 0.115. The number of anilines is 2. The molecule has 12 nitrogen and oxygen atoms in total. The lowest BCUT2D eigenvalue weighted by atomic mass is 9.79. The molecule has 12 heteroatoms. The molecule has 0 bridgehead atoms. The summed E-state index contributed by atoms with van der Waals surface area (Å²) >= 11 is 0. The zero-order chi connectivity index (χ0) is 40.3. The van der Waals surface area contributed by atoms with Crippen LogP contribution >= 0.6 is 0 Å². The molecule has 1 fully saturated rings. The average molecular weight is 777 g/mol. The van der Waals surface area contributed by atoms with Crippen molar-refractivity contribution >= 4 is 23.3 Å². The Balaban J connectivity index is 1.01. The van der Waals surface area contributed by atoms with Gasteiger partial charge in [-0.3, -0.25) is 9.20 Å². The van der Waals surface area contributed by atoms with Gasteiger partial charge in [0.05, 0.1) is 24.2 Å². The number of carbonyl (C=O) groups is 1. The number of likely N-dealkylation sites (N-methyl/N-ethyl adjacent to an activating group) is 1. The number of rotatable bonds is 14. The highest BCUT2D eigenvalue weighted by atomic mass is 16.5. The Morgan fingerprint density at radius 3 is 2.47 bits per heavy atom. The van der Waals surface area contributed by atoms with Crippen LogP contribution in [-0.4, -0.2) is 79.6 Å². The molecular weight excluding hydrogens is 717 g/mol. The van der Waals surface area contributed by atoms with E-state index >= 15 is 0 Å². The van der Waals surface area contributed by atoms with Gasteiger partial charge in [-0.2, -0.15) is 5.10 Å². The molecule has 2 aliphatic rings. The topological polar surface area (TPSA) is 122 Å². The number of piperidine rings is 1. The highest BCUT2D eigenvalue weighted by molar-refractivity contribution is 5.90. The number of aliphatic hydroxyl groups is 1. The van der Waals surface area contributed by atoms with Crippen molar-refractivity contribution in [3.63, 3.8) is 0 Å². The average Bonchev–Trinajstić information content (AvgIpc) is 3.80. The predicted molar refractivity (Wildman–Crippen MR) is 225 cm³/mol. The molecule has 304 valence electrons. The SMILES string of the molecule is C[C@@H]1CCC[C@H](C)N1c1nnc2ccc(O[C@@H]3CCC(CCCC(=O)Nc4cc(C(C)(C)C)nn4-c4ccc(CO)c(OCCN(C)C)c4)c4ccccc43)cn12. The Bertz CT molecular complexity index is 2140. The first-order chi connectivity index (χ1) is 27.4. The Kier molecular flexibility index (Phi) is 12.2. The standard InChI is InChI=1S/C45H60N8O4/c1-30-12-10-13-31(2)52(30)44-48-47-41-23-21-35(28-51(41)44)57-38-22-19-32(36-15-8-9-16-37(36)38)14-11-17-43(55)46-42-27-40(45(3,4)5)49-53(42)34-20-18-33(29-54)39(26-34)56-25-24-50(6)7/h8-9,15-16,18,20-21,23,26-28,30-32,38,54H,10-14,17,19,22,24-25,29H2,1-7H3,(H,46,55)/t30-,31+,32?,38-/m1/s1. The molecule has 2 N–H and O–H groups in total. The van der Waals surface area contributed by atoms with Gasteiger partial charge in [-0.25, -0.2) is 4.68 Å². The maximum Gasteiger partial charge on any atom is 0.232 e. The normalized spacial score (nSPS) is 19.8. The first kappa shape index (κ1) is 40.3. The van der Waals surface area contributed by atoms with Crippen LogP contribution in [0.3, 0.4) is 0 Å². The number of amides is 1. The Morgan fingerprint density at radius 2 is 1.74 bits per heavy atom. The van der Waals surface area contributed by atoms with Gasteiger partial charge in [0.15, 0.2) is 5.65 Å². The number of carbonyl (C=O) groups excluding carboxylic acids is 1. The molecule has 1 unspecified atom stereocenters. The Labute approximate surface area is 337 Å². The number of fused-ring (bicyclic) bond motifs is 2. The van der Waals surface area contributed by atoms with Gasteiger partial charge in [-0.15, -0.1) is 10.2 Å². The fraction of sp³-hybridized carbons (Fsp3) is 0.511. The lowest BCUT2D eigenvalue weighted by molar-refractivity contribution is -0.116. The predicted octanol–water partition coefficient (Wildman–Crippen LogP) is 8.22. The second-order valence-corrected chi connectivity index (χ2v) is 17.3. The maximum absolute atomic E-state index is 13.6. The number of aromatic nitrogens is 5. The Morgan fingerprint density at radius 1 is 0.965 bits per heavy atom. The molecule has 7 rings (SSSR count). The van der Waals surface area contributed by atoms with Crippen LogP contribution in [0.4, 0.5) is 11.8 Å². The first-order valence-electron chi connectivity index (χ1n) is 20.7. The van der Waals surface area contributed by atoms with Crippen molar-refractivity contribution in [3.8, 4) is 17.2 Å². The number of pyridine rings is 1. The molecule has 5 aromatic rings. The molecule has 3 aromatic heterocycles. The molecule has 57 heavy (non-hydrogen) atoms. The smallest absolute Gasteiger partial charge is 0.232 e. The van der Waals surface area contributed by atoms with E-state index in [-0.39, 0.29) is 24.0 Å². The lowest BCUT2D eigenvalue weighted by Crippen LogP contribution is -2.44. The van der Waals surface area contributed by atoms with Crippen LogP contribution in [0.5, 0.6) is 11.5 Å². The van der Waals surface area contributed by atoms with Crippen LogP contribution in [0.25, 0.3) is 11.3 Å². The monoisotopic (exact) mass is 776 g/mol. The molecule has 1 amide bonds. The van der Waals surface area contributed by atoms with Crippen molar-refractivity contribution in [3.05, 3.63) is 89.2 Å². The van der Waals surface area contributed by atoms with E-state index in [4.69, 9.17) is 14.6 Å². The van der Waals surface area contributed by atoms with Crippen LogP contribution in [0.15, 0.2) is 66.9 Å². The zero-order valence-electron chi connectivity index (χ0n) is 34.7. The zero-order valence-corrected chi connectivity index (χ0v) is 34.7. The van der Waals surface area contributed by atoms with Gasteiger partial charge in [-0.1, -0.05) is 51.1 Å². The fourth-order valence-corrected chi connectivity index (χ4v) is 8.37. The van der Waals surface area contributed by atoms with Gasteiger partial charge >= 0.3 is 0 Å². The molecule has 0 spiro atoms. The van der Waals surface area contributed by atoms with E-state index in [0.717, 1.165) is 73.8 Å². The number of aliphatic hydroxyl groups excluding tert-OH is 1. The van der Waals surface area contributed by atoms with E-state index < -0.39 is 0 Å². The highest BCUT2D eigenvalue weighted by Gasteiger charge is 2.31. The third-order valence-electron chi connectivity index (χ3n) is 11.6. The minimum atomic E-state index is -0.229. The molecule has 1 saturated heterocycles.